The molecule has 0 spiro atoms. The number of anilines is 1. The van der Waals surface area contributed by atoms with E-state index in [0.29, 0.717) is 12.3 Å². The minimum Gasteiger partial charge on any atom is -0.316 e. The Balaban J connectivity index is 1.91. The minimum absolute atomic E-state index is 0.213. The van der Waals surface area contributed by atoms with Gasteiger partial charge in [-0.25, -0.2) is 0 Å². The molecule has 1 amide bonds. The second-order valence-corrected chi connectivity index (χ2v) is 4.70. The van der Waals surface area contributed by atoms with Crippen LogP contribution >= 0.6 is 0 Å². The van der Waals surface area contributed by atoms with Gasteiger partial charge in [0.2, 0.25) is 5.91 Å². The first kappa shape index (κ1) is 12.1. The number of para-hydroxylation sites is 1. The quantitative estimate of drug-likeness (QED) is 0.865. The number of benzene rings is 1. The Morgan fingerprint density at radius 1 is 1.41 bits per heavy atom. The molecule has 17 heavy (non-hydrogen) atoms. The Morgan fingerprint density at radius 3 is 2.82 bits per heavy atom. The summed E-state index contributed by atoms with van der Waals surface area (Å²) in [6, 6.07) is 9.82. The predicted molar refractivity (Wildman–Crippen MR) is 70.1 cm³/mol. The van der Waals surface area contributed by atoms with Crippen LogP contribution in [0.1, 0.15) is 19.3 Å². The molecule has 1 N–H and O–H groups in total. The maximum atomic E-state index is 12.1. The second-order valence-electron chi connectivity index (χ2n) is 4.70. The Labute approximate surface area is 103 Å². The van der Waals surface area contributed by atoms with E-state index in [-0.39, 0.29) is 5.91 Å². The summed E-state index contributed by atoms with van der Waals surface area (Å²) in [5.41, 5.74) is 0.973. The van der Waals surface area contributed by atoms with Crippen molar-refractivity contribution in [3.8, 4) is 0 Å². The maximum absolute atomic E-state index is 12.1. The van der Waals surface area contributed by atoms with Crippen molar-refractivity contribution in [2.45, 2.75) is 19.3 Å². The summed E-state index contributed by atoms with van der Waals surface area (Å²) in [7, 11) is 1.86. The van der Waals surface area contributed by atoms with Crippen molar-refractivity contribution in [2.75, 3.05) is 25.0 Å². The molecule has 1 atom stereocenters. The average Bonchev–Trinajstić information content (AvgIpc) is 2.40. The van der Waals surface area contributed by atoms with Crippen molar-refractivity contribution in [3.05, 3.63) is 30.3 Å². The molecular formula is C14H20N2O. The molecule has 0 radical (unpaired) electrons. The van der Waals surface area contributed by atoms with Crippen molar-refractivity contribution in [1.82, 2.24) is 5.32 Å². The van der Waals surface area contributed by atoms with E-state index in [4.69, 9.17) is 0 Å². The summed E-state index contributed by atoms with van der Waals surface area (Å²) < 4.78 is 0. The Bertz CT molecular complexity index is 358. The zero-order valence-corrected chi connectivity index (χ0v) is 10.4. The highest BCUT2D eigenvalue weighted by atomic mass is 16.2. The summed E-state index contributed by atoms with van der Waals surface area (Å²) in [4.78, 5) is 13.9. The first-order chi connectivity index (χ1) is 8.27. The lowest BCUT2D eigenvalue weighted by atomic mass is 9.95. The van der Waals surface area contributed by atoms with Gasteiger partial charge in [-0.1, -0.05) is 18.2 Å². The lowest BCUT2D eigenvalue weighted by Gasteiger charge is -2.25. The molecule has 0 bridgehead atoms. The summed E-state index contributed by atoms with van der Waals surface area (Å²) in [6.07, 6.45) is 3.01. The van der Waals surface area contributed by atoms with Gasteiger partial charge in [-0.15, -0.1) is 0 Å². The predicted octanol–water partition coefficient (Wildman–Crippen LogP) is 2.04. The van der Waals surface area contributed by atoms with E-state index >= 15 is 0 Å². The molecule has 3 heteroatoms. The first-order valence-electron chi connectivity index (χ1n) is 6.29. The molecule has 1 fully saturated rings. The maximum Gasteiger partial charge on any atom is 0.227 e. The van der Waals surface area contributed by atoms with Crippen LogP contribution in [0, 0.1) is 5.92 Å². The monoisotopic (exact) mass is 232 g/mol. The first-order valence-corrected chi connectivity index (χ1v) is 6.29. The summed E-state index contributed by atoms with van der Waals surface area (Å²) >= 11 is 0. The number of amides is 1. The molecule has 0 aromatic heterocycles. The van der Waals surface area contributed by atoms with Gasteiger partial charge in [0.05, 0.1) is 0 Å². The van der Waals surface area contributed by atoms with Crippen LogP contribution in [-0.4, -0.2) is 26.0 Å². The largest absolute Gasteiger partial charge is 0.316 e. The lowest BCUT2D eigenvalue weighted by Crippen LogP contribution is -2.35. The number of nitrogens with one attached hydrogen (secondary N) is 1. The molecule has 1 aromatic rings. The molecular weight excluding hydrogens is 212 g/mol. The zero-order valence-electron chi connectivity index (χ0n) is 10.4. The standard InChI is InChI=1S/C14H20N2O/c1-16(13-7-3-2-4-8-13)14(17)10-12-6-5-9-15-11-12/h2-4,7-8,12,15H,5-6,9-11H2,1H3. The molecule has 1 aliphatic rings. The number of rotatable bonds is 3. The summed E-state index contributed by atoms with van der Waals surface area (Å²) in [6.45, 7) is 2.08. The number of hydrogen-bond donors (Lipinski definition) is 1. The molecule has 3 nitrogen and oxygen atoms in total. The number of hydrogen-bond acceptors (Lipinski definition) is 2. The van der Waals surface area contributed by atoms with Crippen molar-refractivity contribution < 1.29 is 4.79 Å². The van der Waals surface area contributed by atoms with Crippen LogP contribution in [0.2, 0.25) is 0 Å². The summed E-state index contributed by atoms with van der Waals surface area (Å²) in [5, 5.41) is 3.35. The van der Waals surface area contributed by atoms with E-state index in [1.807, 2.05) is 37.4 Å². The highest BCUT2D eigenvalue weighted by molar-refractivity contribution is 5.92. The van der Waals surface area contributed by atoms with E-state index in [0.717, 1.165) is 18.8 Å². The SMILES string of the molecule is CN(C(=O)CC1CCCNC1)c1ccccc1. The van der Waals surface area contributed by atoms with E-state index < -0.39 is 0 Å². The van der Waals surface area contributed by atoms with Crippen LogP contribution in [0.3, 0.4) is 0 Å². The molecule has 2 rings (SSSR count). The molecule has 1 aromatic carbocycles. The molecule has 0 saturated carbocycles. The minimum atomic E-state index is 0.213. The van der Waals surface area contributed by atoms with E-state index in [1.165, 1.54) is 12.8 Å². The highest BCUT2D eigenvalue weighted by Crippen LogP contribution is 2.18. The topological polar surface area (TPSA) is 32.3 Å². The second kappa shape index (κ2) is 5.82. The smallest absolute Gasteiger partial charge is 0.227 e. The van der Waals surface area contributed by atoms with Gasteiger partial charge >= 0.3 is 0 Å². The van der Waals surface area contributed by atoms with E-state index in [9.17, 15) is 4.79 Å². The Kier molecular flexibility index (Phi) is 4.15. The number of carbonyl (C=O) groups excluding carboxylic acids is 1. The van der Waals surface area contributed by atoms with Gasteiger partial charge in [0, 0.05) is 19.2 Å². The third kappa shape index (κ3) is 3.30. The zero-order chi connectivity index (χ0) is 12.1. The van der Waals surface area contributed by atoms with E-state index in [2.05, 4.69) is 5.32 Å². The third-order valence-electron chi connectivity index (χ3n) is 3.38. The number of nitrogens with zero attached hydrogens (tertiary/aromatic N) is 1. The third-order valence-corrected chi connectivity index (χ3v) is 3.38. The van der Waals surface area contributed by atoms with Gasteiger partial charge in [-0.2, -0.15) is 0 Å². The number of piperidine rings is 1. The van der Waals surface area contributed by atoms with Crippen molar-refractivity contribution in [2.24, 2.45) is 5.92 Å². The molecule has 1 aliphatic heterocycles. The molecule has 92 valence electrons. The normalized spacial score (nSPS) is 19.9. The van der Waals surface area contributed by atoms with Crippen molar-refractivity contribution in [1.29, 1.82) is 0 Å². The molecule has 1 saturated heterocycles. The van der Waals surface area contributed by atoms with Gasteiger partial charge in [-0.05, 0) is 44.0 Å². The van der Waals surface area contributed by atoms with Crippen LogP contribution in [-0.2, 0) is 4.79 Å². The fourth-order valence-electron chi connectivity index (χ4n) is 2.28. The van der Waals surface area contributed by atoms with Crippen LogP contribution in [0.5, 0.6) is 0 Å². The van der Waals surface area contributed by atoms with Gasteiger partial charge in [0.1, 0.15) is 0 Å². The van der Waals surface area contributed by atoms with Crippen LogP contribution in [0.25, 0.3) is 0 Å². The number of carbonyl (C=O) groups is 1. The lowest BCUT2D eigenvalue weighted by molar-refractivity contribution is -0.119. The Morgan fingerprint density at radius 2 is 2.18 bits per heavy atom. The average molecular weight is 232 g/mol. The van der Waals surface area contributed by atoms with Gasteiger partial charge in [0.25, 0.3) is 0 Å². The van der Waals surface area contributed by atoms with Crippen molar-refractivity contribution >= 4 is 11.6 Å². The fraction of sp³-hybridized carbons (Fsp3) is 0.500. The molecule has 1 heterocycles. The van der Waals surface area contributed by atoms with Crippen molar-refractivity contribution in [3.63, 3.8) is 0 Å². The molecule has 1 unspecified atom stereocenters. The van der Waals surface area contributed by atoms with Crippen LogP contribution in [0.15, 0.2) is 30.3 Å². The van der Waals surface area contributed by atoms with E-state index in [1.54, 1.807) is 4.90 Å². The summed E-state index contributed by atoms with van der Waals surface area (Å²) in [5.74, 6) is 0.715. The van der Waals surface area contributed by atoms with Gasteiger partial charge in [-0.3, -0.25) is 4.79 Å². The van der Waals surface area contributed by atoms with Crippen LogP contribution < -0.4 is 10.2 Å². The van der Waals surface area contributed by atoms with Crippen LogP contribution in [0.4, 0.5) is 5.69 Å². The fourth-order valence-corrected chi connectivity index (χ4v) is 2.28. The van der Waals surface area contributed by atoms with Gasteiger partial charge < -0.3 is 10.2 Å². The van der Waals surface area contributed by atoms with Gasteiger partial charge in [0.15, 0.2) is 0 Å². The molecule has 0 aliphatic carbocycles. The Hall–Kier alpha value is -1.35. The highest BCUT2D eigenvalue weighted by Gasteiger charge is 2.19.